The maximum atomic E-state index is 12.5. The molecule has 1 heterocycles. The molecule has 2 rings (SSSR count). The van der Waals surface area contributed by atoms with E-state index in [-0.39, 0.29) is 18.8 Å². The van der Waals surface area contributed by atoms with E-state index < -0.39 is 18.0 Å². The summed E-state index contributed by atoms with van der Waals surface area (Å²) in [4.78, 5) is 36.2. The Bertz CT molecular complexity index is 843. The fourth-order valence-corrected chi connectivity index (χ4v) is 3.18. The maximum absolute atomic E-state index is 12.5. The van der Waals surface area contributed by atoms with Gasteiger partial charge in [0.2, 0.25) is 5.78 Å². The molecule has 0 spiro atoms. The van der Waals surface area contributed by atoms with Crippen LogP contribution in [0.5, 0.6) is 0 Å². The largest absolute Gasteiger partial charge is 0.456 e. The predicted octanol–water partition coefficient (Wildman–Crippen LogP) is 2.52. The summed E-state index contributed by atoms with van der Waals surface area (Å²) in [7, 11) is 0. The second-order valence-electron chi connectivity index (χ2n) is 6.72. The number of Topliss-reactive ketones (excluding diaryl/α,β-unsaturated/α-hetero) is 1. The number of hydrogen-bond acceptors (Lipinski definition) is 4. The molecule has 0 unspecified atom stereocenters. The molecule has 28 heavy (non-hydrogen) atoms. The third kappa shape index (κ3) is 5.45. The molecular formula is C21H27N3O4. The Morgan fingerprint density at radius 1 is 1.18 bits per heavy atom. The topological polar surface area (TPSA) is 103 Å². The minimum absolute atomic E-state index is 0.224. The van der Waals surface area contributed by atoms with E-state index in [2.05, 4.69) is 16.8 Å². The first-order valence-electron chi connectivity index (χ1n) is 9.30. The number of urea groups is 1. The Morgan fingerprint density at radius 2 is 1.86 bits per heavy atom. The predicted molar refractivity (Wildman–Crippen MR) is 106 cm³/mol. The normalized spacial score (nSPS) is 11.7. The van der Waals surface area contributed by atoms with E-state index in [1.54, 1.807) is 0 Å². The summed E-state index contributed by atoms with van der Waals surface area (Å²) in [6.07, 6.45) is 1.18. The molecule has 0 saturated heterocycles. The number of carbonyl (C=O) groups is 3. The van der Waals surface area contributed by atoms with Gasteiger partial charge in [0.15, 0.2) is 6.61 Å². The van der Waals surface area contributed by atoms with Crippen LogP contribution in [0, 0.1) is 13.8 Å². The molecule has 0 aliphatic rings. The van der Waals surface area contributed by atoms with Gasteiger partial charge in [0.05, 0.1) is 0 Å². The molecule has 1 atom stereocenters. The maximum Gasteiger partial charge on any atom is 0.329 e. The molecule has 0 aliphatic carbocycles. The zero-order valence-corrected chi connectivity index (χ0v) is 16.5. The van der Waals surface area contributed by atoms with Crippen molar-refractivity contribution < 1.29 is 19.1 Å². The third-order valence-corrected chi connectivity index (χ3v) is 4.55. The Labute approximate surface area is 164 Å². The Hall–Kier alpha value is -3.09. The van der Waals surface area contributed by atoms with Gasteiger partial charge in [-0.25, -0.2) is 9.59 Å². The summed E-state index contributed by atoms with van der Waals surface area (Å²) in [6.45, 7) is 6.33. The van der Waals surface area contributed by atoms with E-state index in [1.165, 1.54) is 0 Å². The fourth-order valence-electron chi connectivity index (χ4n) is 3.18. The van der Waals surface area contributed by atoms with Crippen molar-refractivity contribution in [1.29, 1.82) is 0 Å². The Kier molecular flexibility index (Phi) is 7.37. The van der Waals surface area contributed by atoms with Crippen molar-refractivity contribution in [3.8, 4) is 0 Å². The number of nitrogens with one attached hydrogen (secondary N) is 1. The van der Waals surface area contributed by atoms with Crippen molar-refractivity contribution in [2.75, 3.05) is 6.61 Å². The summed E-state index contributed by atoms with van der Waals surface area (Å²) < 4.78 is 7.26. The average Bonchev–Trinajstić information content (AvgIpc) is 2.94. The van der Waals surface area contributed by atoms with Gasteiger partial charge in [0, 0.05) is 29.9 Å². The molecule has 1 aromatic carbocycles. The Balaban J connectivity index is 2.04. The van der Waals surface area contributed by atoms with E-state index in [4.69, 9.17) is 10.5 Å². The van der Waals surface area contributed by atoms with Crippen LogP contribution in [0.2, 0.25) is 0 Å². The van der Waals surface area contributed by atoms with E-state index in [0.717, 1.165) is 29.9 Å². The van der Waals surface area contributed by atoms with Gasteiger partial charge < -0.3 is 20.4 Å². The number of aromatic nitrogens is 1. The highest BCUT2D eigenvalue weighted by molar-refractivity contribution is 5.99. The van der Waals surface area contributed by atoms with E-state index in [1.807, 2.05) is 50.2 Å². The van der Waals surface area contributed by atoms with Crippen molar-refractivity contribution in [1.82, 2.24) is 9.88 Å². The molecule has 2 amide bonds. The molecule has 0 aliphatic heterocycles. The quantitative estimate of drug-likeness (QED) is 0.511. The zero-order chi connectivity index (χ0) is 20.7. The van der Waals surface area contributed by atoms with Crippen LogP contribution in [-0.2, 0) is 22.5 Å². The van der Waals surface area contributed by atoms with E-state index >= 15 is 0 Å². The lowest BCUT2D eigenvalue weighted by atomic mass is 10.1. The lowest BCUT2D eigenvalue weighted by Crippen LogP contribution is -2.46. The van der Waals surface area contributed by atoms with Crippen LogP contribution >= 0.6 is 0 Å². The Morgan fingerprint density at radius 3 is 2.46 bits per heavy atom. The first-order valence-corrected chi connectivity index (χ1v) is 9.30. The number of aryl methyl sites for hydroxylation is 1. The molecular weight excluding hydrogens is 358 g/mol. The highest BCUT2D eigenvalue weighted by Gasteiger charge is 2.24. The number of hydrogen-bond donors (Lipinski definition) is 2. The van der Waals surface area contributed by atoms with Gasteiger partial charge in [0.25, 0.3) is 0 Å². The van der Waals surface area contributed by atoms with E-state index in [9.17, 15) is 14.4 Å². The monoisotopic (exact) mass is 385 g/mol. The SMILES string of the molecule is CCCn1c(C)cc(C(=O)COC(=O)[C@H](Cc2ccccc2)NC(N)=O)c1C. The van der Waals surface area contributed by atoms with Crippen molar-refractivity contribution >= 4 is 17.8 Å². The number of esters is 1. The lowest BCUT2D eigenvalue weighted by molar-refractivity contribution is -0.144. The number of primary amides is 1. The molecule has 150 valence electrons. The number of rotatable bonds is 9. The van der Waals surface area contributed by atoms with Gasteiger partial charge in [-0.05, 0) is 31.9 Å². The van der Waals surface area contributed by atoms with Gasteiger partial charge in [-0.15, -0.1) is 0 Å². The molecule has 7 nitrogen and oxygen atoms in total. The summed E-state index contributed by atoms with van der Waals surface area (Å²) in [5, 5.41) is 2.38. The summed E-state index contributed by atoms with van der Waals surface area (Å²) in [6, 6.07) is 9.20. The molecule has 2 aromatic rings. The van der Waals surface area contributed by atoms with Gasteiger partial charge in [-0.2, -0.15) is 0 Å². The molecule has 3 N–H and O–H groups in total. The van der Waals surface area contributed by atoms with Crippen molar-refractivity contribution in [3.05, 3.63) is 58.9 Å². The summed E-state index contributed by atoms with van der Waals surface area (Å²) in [5.41, 5.74) is 8.41. The number of nitrogens with zero attached hydrogens (tertiary/aromatic N) is 1. The van der Waals surface area contributed by atoms with Crippen molar-refractivity contribution in [3.63, 3.8) is 0 Å². The van der Waals surface area contributed by atoms with E-state index in [0.29, 0.717) is 5.56 Å². The number of benzene rings is 1. The van der Waals surface area contributed by atoms with Crippen LogP contribution in [0.4, 0.5) is 4.79 Å². The highest BCUT2D eigenvalue weighted by Crippen LogP contribution is 2.16. The highest BCUT2D eigenvalue weighted by atomic mass is 16.5. The molecule has 0 radical (unpaired) electrons. The van der Waals surface area contributed by atoms with Gasteiger partial charge in [-0.1, -0.05) is 37.3 Å². The number of carbonyl (C=O) groups excluding carboxylic acids is 3. The molecule has 0 bridgehead atoms. The first kappa shape index (κ1) is 21.2. The van der Waals surface area contributed by atoms with Crippen molar-refractivity contribution in [2.45, 2.75) is 46.2 Å². The number of nitrogens with two attached hydrogens (primary N) is 1. The summed E-state index contributed by atoms with van der Waals surface area (Å²) in [5.74, 6) is -0.972. The molecule has 0 fully saturated rings. The minimum Gasteiger partial charge on any atom is -0.456 e. The second-order valence-corrected chi connectivity index (χ2v) is 6.72. The molecule has 1 aromatic heterocycles. The van der Waals surface area contributed by atoms with Gasteiger partial charge >= 0.3 is 12.0 Å². The minimum atomic E-state index is -0.958. The first-order chi connectivity index (χ1) is 13.3. The molecule has 7 heteroatoms. The third-order valence-electron chi connectivity index (χ3n) is 4.55. The molecule has 0 saturated carbocycles. The van der Waals surface area contributed by atoms with Crippen LogP contribution in [0.3, 0.4) is 0 Å². The number of ether oxygens (including phenoxy) is 1. The van der Waals surface area contributed by atoms with Crippen LogP contribution in [0.15, 0.2) is 36.4 Å². The average molecular weight is 385 g/mol. The number of amides is 2. The fraction of sp³-hybridized carbons (Fsp3) is 0.381. The standard InChI is InChI=1S/C21H27N3O4/c1-4-10-24-14(2)11-17(15(24)3)19(25)13-28-20(26)18(23-21(22)27)12-16-8-6-5-7-9-16/h5-9,11,18H,4,10,12-13H2,1-3H3,(H3,22,23,27)/t18-/m0/s1. The van der Waals surface area contributed by atoms with Crippen LogP contribution < -0.4 is 11.1 Å². The van der Waals surface area contributed by atoms with Gasteiger partial charge in [0.1, 0.15) is 6.04 Å². The summed E-state index contributed by atoms with van der Waals surface area (Å²) >= 11 is 0. The van der Waals surface area contributed by atoms with Gasteiger partial charge in [-0.3, -0.25) is 4.79 Å². The van der Waals surface area contributed by atoms with Crippen LogP contribution in [0.25, 0.3) is 0 Å². The number of ketones is 1. The van der Waals surface area contributed by atoms with Crippen molar-refractivity contribution in [2.24, 2.45) is 5.73 Å². The lowest BCUT2D eigenvalue weighted by Gasteiger charge is -2.16. The van der Waals surface area contributed by atoms with Crippen LogP contribution in [0.1, 0.15) is 40.7 Å². The smallest absolute Gasteiger partial charge is 0.329 e. The second kappa shape index (κ2) is 9.73. The van der Waals surface area contributed by atoms with Crippen LogP contribution in [-0.4, -0.2) is 35.0 Å². The zero-order valence-electron chi connectivity index (χ0n) is 16.5.